The summed E-state index contributed by atoms with van der Waals surface area (Å²) >= 11 is 0. The Kier molecular flexibility index (Phi) is 5.88. The van der Waals surface area contributed by atoms with Crippen molar-refractivity contribution in [3.8, 4) is 17.0 Å². The second-order valence-corrected chi connectivity index (χ2v) is 7.37. The fourth-order valence-corrected chi connectivity index (χ4v) is 3.65. The number of unbranched alkanes of at least 4 members (excludes halogenated alkanes) is 1. The Balaban J connectivity index is 1.41. The number of nitrogens with zero attached hydrogens (tertiary/aromatic N) is 4. The highest BCUT2D eigenvalue weighted by Crippen LogP contribution is 2.31. The number of benzene rings is 1. The lowest BCUT2D eigenvalue weighted by atomic mass is 10.1. The van der Waals surface area contributed by atoms with Crippen LogP contribution in [0.5, 0.6) is 5.75 Å². The van der Waals surface area contributed by atoms with Gasteiger partial charge in [-0.05, 0) is 50.1 Å². The summed E-state index contributed by atoms with van der Waals surface area (Å²) < 4.78 is 13.3. The molecule has 148 valence electrons. The Bertz CT molecular complexity index is 931. The van der Waals surface area contributed by atoms with Crippen LogP contribution in [0.2, 0.25) is 0 Å². The highest BCUT2D eigenvalue weighted by atomic mass is 16.5. The van der Waals surface area contributed by atoms with Gasteiger partial charge in [0.15, 0.2) is 5.65 Å². The number of ether oxygens (including phenoxy) is 2. The van der Waals surface area contributed by atoms with Crippen LogP contribution in [0.25, 0.3) is 22.3 Å². The number of rotatable bonds is 7. The standard InChI is InChI=1S/C22H28N4O2/c1-17-15-20(23-22-19(17)16-25(2)24-22)18-7-3-4-8-21(18)28-12-6-5-9-26-10-13-27-14-11-26/h3-4,7-8,15-16H,5-6,9-14H2,1-2H3. The Labute approximate surface area is 166 Å². The van der Waals surface area contributed by atoms with Crippen molar-refractivity contribution in [2.45, 2.75) is 19.8 Å². The van der Waals surface area contributed by atoms with Gasteiger partial charge in [0.25, 0.3) is 0 Å². The molecule has 0 saturated carbocycles. The minimum absolute atomic E-state index is 0.714. The summed E-state index contributed by atoms with van der Waals surface area (Å²) in [6.07, 6.45) is 4.19. The van der Waals surface area contributed by atoms with Gasteiger partial charge in [0.05, 0.1) is 25.5 Å². The number of aryl methyl sites for hydroxylation is 2. The maximum atomic E-state index is 6.13. The van der Waals surface area contributed by atoms with E-state index in [1.807, 2.05) is 36.1 Å². The lowest BCUT2D eigenvalue weighted by Gasteiger charge is -2.26. The summed E-state index contributed by atoms with van der Waals surface area (Å²) in [7, 11) is 1.93. The number of pyridine rings is 1. The summed E-state index contributed by atoms with van der Waals surface area (Å²) in [4.78, 5) is 7.23. The molecule has 1 aliphatic heterocycles. The van der Waals surface area contributed by atoms with Crippen molar-refractivity contribution >= 4 is 11.0 Å². The molecular formula is C22H28N4O2. The Morgan fingerprint density at radius 3 is 2.82 bits per heavy atom. The van der Waals surface area contributed by atoms with Crippen LogP contribution in [0.4, 0.5) is 0 Å². The van der Waals surface area contributed by atoms with Gasteiger partial charge in [0.1, 0.15) is 5.75 Å². The molecule has 0 radical (unpaired) electrons. The fourth-order valence-electron chi connectivity index (χ4n) is 3.65. The van der Waals surface area contributed by atoms with Crippen molar-refractivity contribution in [1.82, 2.24) is 19.7 Å². The van der Waals surface area contributed by atoms with Crippen LogP contribution in [0, 0.1) is 6.92 Å². The van der Waals surface area contributed by atoms with Crippen molar-refractivity contribution in [2.75, 3.05) is 39.5 Å². The van der Waals surface area contributed by atoms with Crippen molar-refractivity contribution in [1.29, 1.82) is 0 Å². The Morgan fingerprint density at radius 2 is 1.96 bits per heavy atom. The van der Waals surface area contributed by atoms with E-state index in [4.69, 9.17) is 14.5 Å². The number of para-hydroxylation sites is 1. The van der Waals surface area contributed by atoms with Gasteiger partial charge < -0.3 is 9.47 Å². The SMILES string of the molecule is Cc1cc(-c2ccccc2OCCCCN2CCOCC2)nc2nn(C)cc12. The molecule has 1 saturated heterocycles. The zero-order chi connectivity index (χ0) is 19.3. The minimum atomic E-state index is 0.714. The molecule has 0 spiro atoms. The van der Waals surface area contributed by atoms with Crippen molar-refractivity contribution < 1.29 is 9.47 Å². The quantitative estimate of drug-likeness (QED) is 0.588. The van der Waals surface area contributed by atoms with Gasteiger partial charge in [-0.1, -0.05) is 12.1 Å². The molecule has 2 aromatic heterocycles. The van der Waals surface area contributed by atoms with Gasteiger partial charge in [-0.3, -0.25) is 9.58 Å². The van der Waals surface area contributed by atoms with Crippen molar-refractivity contribution in [3.63, 3.8) is 0 Å². The molecule has 4 rings (SSSR count). The van der Waals surface area contributed by atoms with Crippen LogP contribution >= 0.6 is 0 Å². The number of hydrogen-bond acceptors (Lipinski definition) is 5. The van der Waals surface area contributed by atoms with Gasteiger partial charge in [-0.2, -0.15) is 5.10 Å². The molecule has 3 aromatic rings. The molecule has 0 N–H and O–H groups in total. The average molecular weight is 380 g/mol. The number of aromatic nitrogens is 3. The molecule has 6 nitrogen and oxygen atoms in total. The van der Waals surface area contributed by atoms with Crippen LogP contribution in [-0.4, -0.2) is 59.1 Å². The van der Waals surface area contributed by atoms with Crippen molar-refractivity contribution in [2.24, 2.45) is 7.05 Å². The second-order valence-electron chi connectivity index (χ2n) is 7.37. The van der Waals surface area contributed by atoms with Gasteiger partial charge in [-0.25, -0.2) is 4.98 Å². The summed E-state index contributed by atoms with van der Waals surface area (Å²) in [5.74, 6) is 0.885. The van der Waals surface area contributed by atoms with Crippen LogP contribution in [-0.2, 0) is 11.8 Å². The number of hydrogen-bond donors (Lipinski definition) is 0. The first-order chi connectivity index (χ1) is 13.7. The average Bonchev–Trinajstić information content (AvgIpc) is 3.10. The van der Waals surface area contributed by atoms with E-state index in [2.05, 4.69) is 29.1 Å². The van der Waals surface area contributed by atoms with Crippen LogP contribution in [0.15, 0.2) is 36.5 Å². The molecule has 0 atom stereocenters. The van der Waals surface area contributed by atoms with Gasteiger partial charge in [0.2, 0.25) is 0 Å². The first-order valence-corrected chi connectivity index (χ1v) is 10.0. The second kappa shape index (κ2) is 8.71. The molecule has 1 aliphatic rings. The van der Waals surface area contributed by atoms with Crippen LogP contribution in [0.3, 0.4) is 0 Å². The van der Waals surface area contributed by atoms with E-state index >= 15 is 0 Å². The van der Waals surface area contributed by atoms with Gasteiger partial charge in [0, 0.05) is 37.3 Å². The first kappa shape index (κ1) is 18.9. The molecule has 1 aromatic carbocycles. The highest BCUT2D eigenvalue weighted by Gasteiger charge is 2.12. The van der Waals surface area contributed by atoms with E-state index in [1.165, 1.54) is 5.56 Å². The summed E-state index contributed by atoms with van der Waals surface area (Å²) in [6.45, 7) is 7.74. The smallest absolute Gasteiger partial charge is 0.181 e. The molecule has 0 amide bonds. The maximum absolute atomic E-state index is 6.13. The zero-order valence-corrected chi connectivity index (χ0v) is 16.7. The van der Waals surface area contributed by atoms with E-state index in [1.54, 1.807) is 0 Å². The molecule has 0 unspecified atom stereocenters. The third kappa shape index (κ3) is 4.34. The topological polar surface area (TPSA) is 52.4 Å². The van der Waals surface area contributed by atoms with E-state index in [-0.39, 0.29) is 0 Å². The summed E-state index contributed by atoms with van der Waals surface area (Å²) in [6, 6.07) is 10.3. The Hall–Kier alpha value is -2.44. The predicted octanol–water partition coefficient (Wildman–Crippen LogP) is 3.43. The van der Waals surface area contributed by atoms with E-state index in [0.717, 1.165) is 73.7 Å². The monoisotopic (exact) mass is 380 g/mol. The zero-order valence-electron chi connectivity index (χ0n) is 16.7. The maximum Gasteiger partial charge on any atom is 0.181 e. The molecule has 1 fully saturated rings. The normalized spacial score (nSPS) is 15.2. The third-order valence-corrected chi connectivity index (χ3v) is 5.21. The summed E-state index contributed by atoms with van der Waals surface area (Å²) in [5.41, 5.74) is 3.88. The third-order valence-electron chi connectivity index (χ3n) is 5.21. The highest BCUT2D eigenvalue weighted by molar-refractivity contribution is 5.82. The van der Waals surface area contributed by atoms with Crippen LogP contribution < -0.4 is 4.74 Å². The summed E-state index contributed by atoms with van der Waals surface area (Å²) in [5, 5.41) is 5.56. The molecule has 3 heterocycles. The predicted molar refractivity (Wildman–Crippen MR) is 111 cm³/mol. The van der Waals surface area contributed by atoms with Crippen molar-refractivity contribution in [3.05, 3.63) is 42.1 Å². The molecule has 0 aliphatic carbocycles. The largest absolute Gasteiger partial charge is 0.493 e. The number of fused-ring (bicyclic) bond motifs is 1. The lowest BCUT2D eigenvalue weighted by molar-refractivity contribution is 0.0368. The Morgan fingerprint density at radius 1 is 1.14 bits per heavy atom. The van der Waals surface area contributed by atoms with E-state index in [0.29, 0.717) is 6.61 Å². The van der Waals surface area contributed by atoms with E-state index < -0.39 is 0 Å². The molecule has 28 heavy (non-hydrogen) atoms. The van der Waals surface area contributed by atoms with E-state index in [9.17, 15) is 0 Å². The molecule has 6 heteroatoms. The van der Waals surface area contributed by atoms with Gasteiger partial charge >= 0.3 is 0 Å². The van der Waals surface area contributed by atoms with Gasteiger partial charge in [-0.15, -0.1) is 0 Å². The first-order valence-electron chi connectivity index (χ1n) is 10.0. The number of morpholine rings is 1. The minimum Gasteiger partial charge on any atom is -0.493 e. The molecular weight excluding hydrogens is 352 g/mol. The fraction of sp³-hybridized carbons (Fsp3) is 0.455. The van der Waals surface area contributed by atoms with Crippen LogP contribution in [0.1, 0.15) is 18.4 Å². The molecule has 0 bridgehead atoms. The lowest BCUT2D eigenvalue weighted by Crippen LogP contribution is -2.36.